The Kier molecular flexibility index (Phi) is 3.21. The summed E-state index contributed by atoms with van der Waals surface area (Å²) in [5, 5.41) is 3.41. The first-order valence-corrected chi connectivity index (χ1v) is 7.61. The molecule has 4 bridgehead atoms. The number of carbonyl (C=O) groups is 1. The zero-order chi connectivity index (χ0) is 12.6. The number of nitrogens with one attached hydrogen (secondary N) is 1. The average molecular weight is 247 g/mol. The molecule has 0 aliphatic heterocycles. The van der Waals surface area contributed by atoms with Crippen LogP contribution >= 0.6 is 0 Å². The molecule has 4 aliphatic carbocycles. The molecule has 0 spiro atoms. The van der Waals surface area contributed by atoms with E-state index in [4.69, 9.17) is 0 Å². The summed E-state index contributed by atoms with van der Waals surface area (Å²) < 4.78 is 0. The summed E-state index contributed by atoms with van der Waals surface area (Å²) in [6, 6.07) is 0. The van der Waals surface area contributed by atoms with Crippen molar-refractivity contribution in [3.8, 4) is 0 Å². The molecule has 4 fully saturated rings. The lowest BCUT2D eigenvalue weighted by molar-refractivity contribution is -0.126. The van der Waals surface area contributed by atoms with Crippen LogP contribution in [0.2, 0.25) is 0 Å². The Morgan fingerprint density at radius 3 is 2.22 bits per heavy atom. The molecule has 0 aromatic carbocycles. The fraction of sp³-hybridized carbons (Fsp3) is 0.812. The van der Waals surface area contributed by atoms with Crippen LogP contribution in [-0.2, 0) is 4.79 Å². The van der Waals surface area contributed by atoms with Crippen molar-refractivity contribution in [1.29, 1.82) is 0 Å². The second-order valence-electron chi connectivity index (χ2n) is 6.93. The van der Waals surface area contributed by atoms with Crippen LogP contribution in [-0.4, -0.2) is 11.4 Å². The molecule has 0 atom stereocenters. The lowest BCUT2D eigenvalue weighted by Gasteiger charge is -2.56. The van der Waals surface area contributed by atoms with Crippen LogP contribution in [0, 0.1) is 17.8 Å². The molecule has 4 rings (SSSR count). The smallest absolute Gasteiger partial charge is 0.220 e. The molecule has 4 aliphatic rings. The second kappa shape index (κ2) is 4.71. The van der Waals surface area contributed by atoms with Crippen molar-refractivity contribution in [1.82, 2.24) is 5.32 Å². The summed E-state index contributed by atoms with van der Waals surface area (Å²) in [5.74, 6) is 3.00. The normalized spacial score (nSPS) is 40.8. The number of hydrogen-bond acceptors (Lipinski definition) is 1. The van der Waals surface area contributed by atoms with Crippen molar-refractivity contribution in [2.45, 2.75) is 63.3 Å². The highest BCUT2D eigenvalue weighted by Gasteiger charge is 2.51. The van der Waals surface area contributed by atoms with Crippen molar-refractivity contribution in [3.05, 3.63) is 12.7 Å². The van der Waals surface area contributed by atoms with Crippen molar-refractivity contribution < 1.29 is 4.79 Å². The standard InChI is InChI=1S/C16H25NO/c1-2-3-4-5-15(18)17-16-9-12-6-13(10-16)8-14(7-12)11-16/h2,12-14H,1,3-11H2,(H,17,18). The molecule has 0 aromatic heterocycles. The molecule has 100 valence electrons. The number of unbranched alkanes of at least 4 members (excludes halogenated alkanes) is 1. The lowest BCUT2D eigenvalue weighted by Crippen LogP contribution is -2.59. The van der Waals surface area contributed by atoms with E-state index in [2.05, 4.69) is 11.9 Å². The summed E-state index contributed by atoms with van der Waals surface area (Å²) in [7, 11) is 0. The van der Waals surface area contributed by atoms with E-state index < -0.39 is 0 Å². The Labute approximate surface area is 110 Å². The van der Waals surface area contributed by atoms with Crippen LogP contribution in [0.1, 0.15) is 57.8 Å². The van der Waals surface area contributed by atoms with Gasteiger partial charge in [-0.15, -0.1) is 6.58 Å². The van der Waals surface area contributed by atoms with Gasteiger partial charge in [-0.1, -0.05) is 6.08 Å². The van der Waals surface area contributed by atoms with E-state index in [1.807, 2.05) is 6.08 Å². The van der Waals surface area contributed by atoms with Gasteiger partial charge in [0.25, 0.3) is 0 Å². The molecule has 1 N–H and O–H groups in total. The Morgan fingerprint density at radius 1 is 1.17 bits per heavy atom. The van der Waals surface area contributed by atoms with Gasteiger partial charge < -0.3 is 5.32 Å². The molecule has 0 aromatic rings. The van der Waals surface area contributed by atoms with E-state index >= 15 is 0 Å². The molecule has 0 saturated heterocycles. The maximum atomic E-state index is 12.1. The van der Waals surface area contributed by atoms with E-state index in [9.17, 15) is 4.79 Å². The van der Waals surface area contributed by atoms with Crippen LogP contribution in [0.3, 0.4) is 0 Å². The van der Waals surface area contributed by atoms with Gasteiger partial charge in [-0.2, -0.15) is 0 Å². The van der Waals surface area contributed by atoms with Gasteiger partial charge >= 0.3 is 0 Å². The van der Waals surface area contributed by atoms with Gasteiger partial charge in [0.05, 0.1) is 0 Å². The van der Waals surface area contributed by atoms with Crippen LogP contribution in [0.15, 0.2) is 12.7 Å². The number of hydrogen-bond donors (Lipinski definition) is 1. The second-order valence-corrected chi connectivity index (χ2v) is 6.93. The molecule has 4 saturated carbocycles. The first kappa shape index (κ1) is 12.3. The third-order valence-corrected chi connectivity index (χ3v) is 5.25. The van der Waals surface area contributed by atoms with Crippen molar-refractivity contribution in [2.75, 3.05) is 0 Å². The first-order chi connectivity index (χ1) is 8.69. The SMILES string of the molecule is C=CCCCC(=O)NC12CC3CC(CC(C3)C1)C2. The predicted octanol–water partition coefficient (Wildman–Crippen LogP) is 3.43. The molecule has 2 nitrogen and oxygen atoms in total. The first-order valence-electron chi connectivity index (χ1n) is 7.61. The number of rotatable bonds is 5. The average Bonchev–Trinajstić information content (AvgIpc) is 2.26. The van der Waals surface area contributed by atoms with Gasteiger partial charge in [0.15, 0.2) is 0 Å². The number of carbonyl (C=O) groups excluding carboxylic acids is 1. The largest absolute Gasteiger partial charge is 0.351 e. The quantitative estimate of drug-likeness (QED) is 0.585. The maximum Gasteiger partial charge on any atom is 0.220 e. The van der Waals surface area contributed by atoms with Crippen LogP contribution < -0.4 is 5.32 Å². The highest BCUT2D eigenvalue weighted by Crippen LogP contribution is 2.55. The third kappa shape index (κ3) is 2.34. The van der Waals surface area contributed by atoms with Gasteiger partial charge in [-0.3, -0.25) is 4.79 Å². The minimum absolute atomic E-state index is 0.194. The van der Waals surface area contributed by atoms with E-state index in [-0.39, 0.29) is 11.4 Å². The van der Waals surface area contributed by atoms with Gasteiger partial charge in [-0.05, 0) is 69.1 Å². The van der Waals surface area contributed by atoms with E-state index in [1.54, 1.807) is 0 Å². The molecular formula is C16H25NO. The summed E-state index contributed by atoms with van der Waals surface area (Å²) >= 11 is 0. The Balaban J connectivity index is 1.58. The molecule has 2 heteroatoms. The third-order valence-electron chi connectivity index (χ3n) is 5.25. The van der Waals surface area contributed by atoms with Gasteiger partial charge in [-0.25, -0.2) is 0 Å². The van der Waals surface area contributed by atoms with Gasteiger partial charge in [0, 0.05) is 12.0 Å². The summed E-state index contributed by atoms with van der Waals surface area (Å²) in [6.07, 6.45) is 12.6. The molecule has 18 heavy (non-hydrogen) atoms. The van der Waals surface area contributed by atoms with Gasteiger partial charge in [0.2, 0.25) is 5.91 Å². The Bertz CT molecular complexity index is 312. The van der Waals surface area contributed by atoms with Crippen LogP contribution in [0.25, 0.3) is 0 Å². The van der Waals surface area contributed by atoms with Crippen molar-refractivity contribution >= 4 is 5.91 Å². The maximum absolute atomic E-state index is 12.1. The zero-order valence-corrected chi connectivity index (χ0v) is 11.3. The lowest BCUT2D eigenvalue weighted by atomic mass is 9.53. The molecule has 0 radical (unpaired) electrons. The van der Waals surface area contributed by atoms with E-state index in [1.165, 1.54) is 38.5 Å². The molecule has 0 unspecified atom stereocenters. The number of allylic oxidation sites excluding steroid dienone is 1. The zero-order valence-electron chi connectivity index (χ0n) is 11.3. The summed E-state index contributed by atoms with van der Waals surface area (Å²) in [6.45, 7) is 3.71. The Hall–Kier alpha value is -0.790. The molecule has 0 heterocycles. The number of amides is 1. The summed E-state index contributed by atoms with van der Waals surface area (Å²) in [4.78, 5) is 12.1. The highest BCUT2D eigenvalue weighted by atomic mass is 16.1. The van der Waals surface area contributed by atoms with Crippen LogP contribution in [0.5, 0.6) is 0 Å². The summed E-state index contributed by atoms with van der Waals surface area (Å²) in [5.41, 5.74) is 0.194. The van der Waals surface area contributed by atoms with Crippen molar-refractivity contribution in [3.63, 3.8) is 0 Å². The fourth-order valence-electron chi connectivity index (χ4n) is 5.03. The van der Waals surface area contributed by atoms with Crippen molar-refractivity contribution in [2.24, 2.45) is 17.8 Å². The minimum atomic E-state index is 0.194. The topological polar surface area (TPSA) is 29.1 Å². The molecule has 1 amide bonds. The fourth-order valence-corrected chi connectivity index (χ4v) is 5.03. The van der Waals surface area contributed by atoms with Gasteiger partial charge in [0.1, 0.15) is 0 Å². The minimum Gasteiger partial charge on any atom is -0.351 e. The Morgan fingerprint density at radius 2 is 1.72 bits per heavy atom. The monoisotopic (exact) mass is 247 g/mol. The van der Waals surface area contributed by atoms with E-state index in [0.717, 1.165) is 30.6 Å². The molecular weight excluding hydrogens is 222 g/mol. The van der Waals surface area contributed by atoms with Crippen LogP contribution in [0.4, 0.5) is 0 Å². The highest BCUT2D eigenvalue weighted by molar-refractivity contribution is 5.76. The predicted molar refractivity (Wildman–Crippen MR) is 73.1 cm³/mol. The van der Waals surface area contributed by atoms with E-state index in [0.29, 0.717) is 6.42 Å².